The number of rotatable bonds is 2. The summed E-state index contributed by atoms with van der Waals surface area (Å²) in [5.74, 6) is 3.56. The minimum Gasteiger partial charge on any atom is -0.338 e. The number of H-pyrrole nitrogens is 1. The van der Waals surface area contributed by atoms with Crippen molar-refractivity contribution < 1.29 is 0 Å². The number of nitrogens with two attached hydrogens (primary N) is 1. The first-order chi connectivity index (χ1) is 9.66. The Bertz CT molecular complexity index is 636. The summed E-state index contributed by atoms with van der Waals surface area (Å²) in [5, 5.41) is 8.67. The molecule has 20 heavy (non-hydrogen) atoms. The molecule has 0 bridgehead atoms. The Kier molecular flexibility index (Phi) is 2.51. The van der Waals surface area contributed by atoms with E-state index in [1.54, 1.807) is 0 Å². The molecule has 1 aliphatic carbocycles. The topological polar surface area (TPSA) is 85.4 Å². The number of hydrogen-bond acceptors (Lipinski definition) is 4. The Morgan fingerprint density at radius 1 is 1.40 bits per heavy atom. The zero-order valence-corrected chi connectivity index (χ0v) is 11.8. The fraction of sp³-hybridized carbons (Fsp3) is 0.643. The van der Waals surface area contributed by atoms with Crippen molar-refractivity contribution in [3.8, 4) is 11.5 Å². The summed E-state index contributed by atoms with van der Waals surface area (Å²) in [6.45, 7) is 3.25. The summed E-state index contributed by atoms with van der Waals surface area (Å²) in [5.41, 5.74) is 6.99. The van der Waals surface area contributed by atoms with E-state index in [0.717, 1.165) is 49.0 Å². The normalized spacial score (nSPS) is 24.2. The first-order valence-corrected chi connectivity index (χ1v) is 7.42. The van der Waals surface area contributed by atoms with Crippen LogP contribution in [0.2, 0.25) is 0 Å². The molecule has 1 atom stereocenters. The average molecular weight is 272 g/mol. The van der Waals surface area contributed by atoms with Crippen molar-refractivity contribution in [3.63, 3.8) is 0 Å². The van der Waals surface area contributed by atoms with Crippen LogP contribution in [-0.2, 0) is 18.5 Å². The summed E-state index contributed by atoms with van der Waals surface area (Å²) in [7, 11) is 0. The lowest BCUT2D eigenvalue weighted by molar-refractivity contribution is 0.240. The number of fused-ring (bicyclic) bond motifs is 1. The maximum Gasteiger partial charge on any atom is 0.182 e. The molecule has 6 heteroatoms. The van der Waals surface area contributed by atoms with Gasteiger partial charge in [-0.25, -0.2) is 4.98 Å². The third kappa shape index (κ3) is 1.71. The Morgan fingerprint density at radius 2 is 2.25 bits per heavy atom. The largest absolute Gasteiger partial charge is 0.338 e. The van der Waals surface area contributed by atoms with Crippen LogP contribution in [0, 0.1) is 5.92 Å². The lowest BCUT2D eigenvalue weighted by Crippen LogP contribution is -2.44. The van der Waals surface area contributed by atoms with Crippen LogP contribution in [0.5, 0.6) is 0 Å². The zero-order chi connectivity index (χ0) is 13.7. The molecule has 1 unspecified atom stereocenters. The van der Waals surface area contributed by atoms with E-state index in [4.69, 9.17) is 5.73 Å². The second kappa shape index (κ2) is 4.15. The van der Waals surface area contributed by atoms with Crippen LogP contribution < -0.4 is 5.73 Å². The molecule has 3 N–H and O–H groups in total. The molecular formula is C14H20N6. The van der Waals surface area contributed by atoms with Crippen molar-refractivity contribution in [3.05, 3.63) is 17.8 Å². The van der Waals surface area contributed by atoms with Crippen LogP contribution in [0.15, 0.2) is 6.20 Å². The predicted octanol–water partition coefficient (Wildman–Crippen LogP) is 1.59. The van der Waals surface area contributed by atoms with Crippen LogP contribution in [-0.4, -0.2) is 24.7 Å². The molecular weight excluding hydrogens is 252 g/mol. The van der Waals surface area contributed by atoms with Crippen LogP contribution in [0.3, 0.4) is 0 Å². The quantitative estimate of drug-likeness (QED) is 0.869. The lowest BCUT2D eigenvalue weighted by atomic mass is 9.77. The molecule has 0 spiro atoms. The van der Waals surface area contributed by atoms with Gasteiger partial charge in [-0.05, 0) is 31.6 Å². The summed E-state index contributed by atoms with van der Waals surface area (Å²) in [6, 6.07) is 0. The van der Waals surface area contributed by atoms with Gasteiger partial charge in [0.2, 0.25) is 0 Å². The highest BCUT2D eigenvalue weighted by Crippen LogP contribution is 2.37. The number of nitrogens with zero attached hydrogens (tertiary/aromatic N) is 4. The molecule has 1 saturated carbocycles. The van der Waals surface area contributed by atoms with Crippen molar-refractivity contribution in [2.24, 2.45) is 11.7 Å². The molecule has 1 fully saturated rings. The fourth-order valence-electron chi connectivity index (χ4n) is 3.17. The molecule has 2 aromatic heterocycles. The van der Waals surface area contributed by atoms with Crippen LogP contribution in [0.4, 0.5) is 0 Å². The minimum absolute atomic E-state index is 0.252. The highest BCUT2D eigenvalue weighted by molar-refractivity contribution is 5.49. The van der Waals surface area contributed by atoms with Gasteiger partial charge in [-0.15, -0.1) is 10.2 Å². The van der Waals surface area contributed by atoms with Gasteiger partial charge in [-0.3, -0.25) is 0 Å². The lowest BCUT2D eigenvalue weighted by Gasteiger charge is -2.35. The number of aromatic nitrogens is 5. The van der Waals surface area contributed by atoms with Gasteiger partial charge in [-0.2, -0.15) is 0 Å². The molecule has 106 valence electrons. The molecule has 1 aliphatic heterocycles. The minimum atomic E-state index is -0.252. The predicted molar refractivity (Wildman–Crippen MR) is 74.8 cm³/mol. The van der Waals surface area contributed by atoms with Crippen molar-refractivity contribution in [2.45, 2.75) is 51.1 Å². The van der Waals surface area contributed by atoms with E-state index in [1.165, 1.54) is 12.8 Å². The van der Waals surface area contributed by atoms with Crippen LogP contribution in [0.1, 0.15) is 44.3 Å². The van der Waals surface area contributed by atoms with Gasteiger partial charge in [0.15, 0.2) is 5.82 Å². The molecule has 0 amide bonds. The van der Waals surface area contributed by atoms with Gasteiger partial charge in [-0.1, -0.05) is 6.92 Å². The van der Waals surface area contributed by atoms with Gasteiger partial charge in [0.1, 0.15) is 17.3 Å². The van der Waals surface area contributed by atoms with Crippen molar-refractivity contribution in [1.29, 1.82) is 0 Å². The van der Waals surface area contributed by atoms with E-state index in [2.05, 4.69) is 31.7 Å². The van der Waals surface area contributed by atoms with E-state index < -0.39 is 0 Å². The van der Waals surface area contributed by atoms with Gasteiger partial charge >= 0.3 is 0 Å². The summed E-state index contributed by atoms with van der Waals surface area (Å²) >= 11 is 0. The maximum atomic E-state index is 6.31. The van der Waals surface area contributed by atoms with Crippen molar-refractivity contribution in [1.82, 2.24) is 24.7 Å². The Morgan fingerprint density at radius 3 is 3.00 bits per heavy atom. The van der Waals surface area contributed by atoms with Crippen molar-refractivity contribution in [2.75, 3.05) is 0 Å². The molecule has 0 saturated heterocycles. The highest BCUT2D eigenvalue weighted by atomic mass is 15.3. The Balaban J connectivity index is 1.68. The number of imidazole rings is 1. The number of aromatic amines is 1. The van der Waals surface area contributed by atoms with Crippen LogP contribution >= 0.6 is 0 Å². The molecule has 2 aromatic rings. The van der Waals surface area contributed by atoms with Crippen LogP contribution in [0.25, 0.3) is 11.5 Å². The Hall–Kier alpha value is -1.69. The third-order valence-corrected chi connectivity index (χ3v) is 4.74. The summed E-state index contributed by atoms with van der Waals surface area (Å²) in [4.78, 5) is 7.83. The molecule has 2 aliphatic rings. The SMILES string of the molecule is CC1CCn2c(nnc2-c2cnc(C3(N)CCC3)[nH]2)C1. The first kappa shape index (κ1) is 12.1. The van der Waals surface area contributed by atoms with E-state index in [0.29, 0.717) is 5.92 Å². The van der Waals surface area contributed by atoms with E-state index in [-0.39, 0.29) is 5.54 Å². The zero-order valence-electron chi connectivity index (χ0n) is 11.8. The molecule has 3 heterocycles. The molecule has 0 radical (unpaired) electrons. The van der Waals surface area contributed by atoms with E-state index in [9.17, 15) is 0 Å². The average Bonchev–Trinajstić information content (AvgIpc) is 3.01. The maximum absolute atomic E-state index is 6.31. The fourth-order valence-corrected chi connectivity index (χ4v) is 3.17. The van der Waals surface area contributed by atoms with E-state index in [1.807, 2.05) is 6.20 Å². The smallest absolute Gasteiger partial charge is 0.182 e. The number of hydrogen-bond donors (Lipinski definition) is 2. The van der Waals surface area contributed by atoms with Gasteiger partial charge in [0, 0.05) is 13.0 Å². The molecule has 4 rings (SSSR count). The van der Waals surface area contributed by atoms with E-state index >= 15 is 0 Å². The monoisotopic (exact) mass is 272 g/mol. The number of nitrogens with one attached hydrogen (secondary N) is 1. The second-order valence-electron chi connectivity index (χ2n) is 6.34. The highest BCUT2D eigenvalue weighted by Gasteiger charge is 2.37. The third-order valence-electron chi connectivity index (χ3n) is 4.74. The second-order valence-corrected chi connectivity index (χ2v) is 6.34. The molecule has 0 aromatic carbocycles. The van der Waals surface area contributed by atoms with Crippen molar-refractivity contribution >= 4 is 0 Å². The summed E-state index contributed by atoms with van der Waals surface area (Å²) < 4.78 is 2.21. The van der Waals surface area contributed by atoms with Gasteiger partial charge < -0.3 is 15.3 Å². The summed E-state index contributed by atoms with van der Waals surface area (Å²) in [6.07, 6.45) is 7.24. The van der Waals surface area contributed by atoms with Gasteiger partial charge in [0.05, 0.1) is 11.7 Å². The first-order valence-electron chi connectivity index (χ1n) is 7.42. The standard InChI is InChI=1S/C14H20N6/c1-9-3-6-20-11(7-9)18-19-12(20)10-8-16-13(17-10)14(15)4-2-5-14/h8-9H,2-7,15H2,1H3,(H,16,17). The molecule has 6 nitrogen and oxygen atoms in total. The van der Waals surface area contributed by atoms with Gasteiger partial charge in [0.25, 0.3) is 0 Å². The Labute approximate surface area is 117 Å².